The molecule has 0 unspecified atom stereocenters. The number of fused-ring (bicyclic) bond motifs is 4. The summed E-state index contributed by atoms with van der Waals surface area (Å²) in [5.74, 6) is -0.930. The lowest BCUT2D eigenvalue weighted by atomic mass is 9.78. The number of ether oxygens (including phenoxy) is 2. The number of carbonyl (C=O) groups excluding carboxylic acids is 2. The second kappa shape index (κ2) is 23.6. The number of anilines is 2. The molecular formula is C63H60BBrN16O7S3. The minimum Gasteiger partial charge on any atom is -0.465 e. The van der Waals surface area contributed by atoms with Crippen molar-refractivity contribution >= 4 is 112 Å². The van der Waals surface area contributed by atoms with Crippen LogP contribution in [0.2, 0.25) is 0 Å². The van der Waals surface area contributed by atoms with Gasteiger partial charge in [-0.2, -0.15) is 15.3 Å². The monoisotopic (exact) mass is 1340 g/mol. The number of hydrogen-bond acceptors (Lipinski definition) is 19. The van der Waals surface area contributed by atoms with Gasteiger partial charge in [-0.05, 0) is 142 Å². The van der Waals surface area contributed by atoms with Crippen molar-refractivity contribution < 1.29 is 28.4 Å². The van der Waals surface area contributed by atoms with E-state index in [0.29, 0.717) is 51.5 Å². The maximum absolute atomic E-state index is 12.2. The first-order valence-corrected chi connectivity index (χ1v) is 32.9. The molecule has 3 aromatic carbocycles. The molecule has 0 atom stereocenters. The average molecular weight is 1340 g/mol. The lowest BCUT2D eigenvalue weighted by molar-refractivity contribution is 0.00578. The molecule has 0 bridgehead atoms. The molecule has 0 radical (unpaired) electrons. The first kappa shape index (κ1) is 59.6. The van der Waals surface area contributed by atoms with E-state index in [-0.39, 0.29) is 5.56 Å². The van der Waals surface area contributed by atoms with E-state index >= 15 is 0 Å². The second-order valence-electron chi connectivity index (χ2n) is 23.5. The number of H-pyrrole nitrogens is 1. The number of imidazole rings is 3. The zero-order valence-electron chi connectivity index (χ0n) is 50.2. The van der Waals surface area contributed by atoms with Crippen molar-refractivity contribution in [3.05, 3.63) is 159 Å². The van der Waals surface area contributed by atoms with Gasteiger partial charge in [0.15, 0.2) is 14.9 Å². The fourth-order valence-corrected chi connectivity index (χ4v) is 13.5. The molecule has 4 aliphatic rings. The van der Waals surface area contributed by atoms with Gasteiger partial charge in [0.25, 0.3) is 5.56 Å². The van der Waals surface area contributed by atoms with E-state index in [4.69, 9.17) is 50.4 Å². The van der Waals surface area contributed by atoms with Crippen molar-refractivity contribution in [3.8, 4) is 56.7 Å². The van der Waals surface area contributed by atoms with E-state index < -0.39 is 30.3 Å². The SMILES string of the molecule is Brc1c(-c2ccn(C3CC3)n2)nc2sccn12.COC(=O)c1cc(-c2c(-c3ccn(C4CC4)n3)nc3sccn23)ccc1N.COC(=O)c1cc(B2OC(C)(C)C(C)(C)O2)ccc1N.O=c1[nH]cnc2ccc(-c3c(-c4ccn(C5CC5)n4)nc4sccn34)cc12. The zero-order valence-corrected chi connectivity index (χ0v) is 54.2. The Bertz CT molecular complexity index is 4960. The van der Waals surface area contributed by atoms with Gasteiger partial charge in [-0.15, -0.1) is 34.0 Å². The molecule has 4 fully saturated rings. The lowest BCUT2D eigenvalue weighted by Crippen LogP contribution is -2.41. The van der Waals surface area contributed by atoms with E-state index in [0.717, 1.165) is 81.6 Å². The predicted octanol–water partition coefficient (Wildman–Crippen LogP) is 11.8. The number of aromatic nitrogens is 14. The van der Waals surface area contributed by atoms with E-state index in [1.54, 1.807) is 64.3 Å². The number of benzene rings is 3. The Balaban J connectivity index is 0.000000107. The summed E-state index contributed by atoms with van der Waals surface area (Å²) in [6.07, 6.45) is 20.7. The van der Waals surface area contributed by atoms with Crippen LogP contribution >= 0.6 is 49.9 Å². The largest absolute Gasteiger partial charge is 0.494 e. The maximum Gasteiger partial charge on any atom is 0.494 e. The highest BCUT2D eigenvalue weighted by Crippen LogP contribution is 2.42. The molecule has 28 heteroatoms. The summed E-state index contributed by atoms with van der Waals surface area (Å²) in [5.41, 5.74) is 22.4. The molecule has 1 saturated heterocycles. The molecule has 1 aliphatic heterocycles. The number of esters is 2. The van der Waals surface area contributed by atoms with Gasteiger partial charge in [-0.3, -0.25) is 32.0 Å². The van der Waals surface area contributed by atoms with Gasteiger partial charge in [-0.1, -0.05) is 18.2 Å². The number of carbonyl (C=O) groups is 2. The molecular weight excluding hydrogens is 1280 g/mol. The molecule has 13 aromatic rings. The van der Waals surface area contributed by atoms with Crippen LogP contribution in [0.25, 0.3) is 82.5 Å². The molecule has 3 aliphatic carbocycles. The predicted molar refractivity (Wildman–Crippen MR) is 356 cm³/mol. The molecule has 11 heterocycles. The Kier molecular flexibility index (Phi) is 15.5. The third-order valence-electron chi connectivity index (χ3n) is 16.7. The van der Waals surface area contributed by atoms with Gasteiger partial charge in [0.05, 0.1) is 83.3 Å². The molecule has 462 valence electrons. The maximum atomic E-state index is 12.2. The van der Waals surface area contributed by atoms with Crippen LogP contribution in [0.5, 0.6) is 0 Å². The number of methoxy groups -OCH3 is 2. The van der Waals surface area contributed by atoms with Crippen LogP contribution in [0.15, 0.2) is 142 Å². The Morgan fingerprint density at radius 1 is 0.593 bits per heavy atom. The van der Waals surface area contributed by atoms with Crippen LogP contribution in [0.4, 0.5) is 11.4 Å². The summed E-state index contributed by atoms with van der Waals surface area (Å²) in [6.45, 7) is 7.91. The smallest absolute Gasteiger partial charge is 0.465 e. The standard InChI is InChI=1S/C19H14N6OS.C19H17N5O2S.C14H20BNO4.C11H9BrN4S/c26-18-13-9-11(1-4-14(13)20-10-21-18)17-16(22-19-24(17)7-8-27-19)15-5-6-25(23-15)12-2-3-12;1-26-18(25)13-10-11(2-5-14(13)20)17-16(21-19-23(17)8-9-27-19)15-6-7-24(22-15)12-3-4-12;1-13(2)14(3,4)20-15(19-13)9-6-7-11(16)10(8-9)12(17)18-5;12-10-9(13-11-15(10)5-6-17-11)8-3-4-16(14-8)7-1-2-7/h1,4-10,12H,2-3H2,(H,20,21,26);2,5-10,12H,3-4,20H2,1H3;6-8H,16H2,1-5H3;3-7H,1-2H2. The summed E-state index contributed by atoms with van der Waals surface area (Å²) >= 11 is 8.35. The van der Waals surface area contributed by atoms with E-state index in [2.05, 4.69) is 45.1 Å². The summed E-state index contributed by atoms with van der Waals surface area (Å²) in [4.78, 5) is 59.8. The van der Waals surface area contributed by atoms with Crippen LogP contribution in [0, 0.1) is 0 Å². The topological polar surface area (TPSA) is 274 Å². The van der Waals surface area contributed by atoms with Gasteiger partial charge in [-0.25, -0.2) is 29.5 Å². The zero-order chi connectivity index (χ0) is 63.0. The fourth-order valence-electron chi connectivity index (χ4n) is 10.6. The van der Waals surface area contributed by atoms with Crippen LogP contribution < -0.4 is 22.5 Å². The summed E-state index contributed by atoms with van der Waals surface area (Å²) < 4.78 is 34.6. The molecule has 5 N–H and O–H groups in total. The highest BCUT2D eigenvalue weighted by atomic mass is 79.9. The molecule has 23 nitrogen and oxygen atoms in total. The molecule has 91 heavy (non-hydrogen) atoms. The minimum atomic E-state index is -0.524. The highest BCUT2D eigenvalue weighted by Gasteiger charge is 2.52. The first-order chi connectivity index (χ1) is 43.9. The molecule has 10 aromatic heterocycles. The van der Waals surface area contributed by atoms with Crippen molar-refractivity contribution in [1.82, 2.24) is 67.5 Å². The van der Waals surface area contributed by atoms with Crippen molar-refractivity contribution in [2.45, 2.75) is 95.5 Å². The van der Waals surface area contributed by atoms with Gasteiger partial charge >= 0.3 is 19.1 Å². The molecule has 0 amide bonds. The van der Waals surface area contributed by atoms with E-state index in [1.807, 2.05) is 142 Å². The number of hydrogen-bond donors (Lipinski definition) is 3. The van der Waals surface area contributed by atoms with Crippen molar-refractivity contribution in [2.24, 2.45) is 0 Å². The van der Waals surface area contributed by atoms with Crippen molar-refractivity contribution in [1.29, 1.82) is 0 Å². The fraction of sp³-hybridized carbons (Fsp3) is 0.270. The number of aromatic amines is 1. The van der Waals surface area contributed by atoms with Crippen molar-refractivity contribution in [2.75, 3.05) is 25.7 Å². The summed E-state index contributed by atoms with van der Waals surface area (Å²) in [7, 11) is 2.15. The number of nitrogens with one attached hydrogen (secondary N) is 1. The number of halogens is 1. The second-order valence-corrected chi connectivity index (χ2v) is 26.8. The third kappa shape index (κ3) is 11.6. The third-order valence-corrected chi connectivity index (χ3v) is 19.7. The van der Waals surface area contributed by atoms with E-state index in [1.165, 1.54) is 59.1 Å². The molecule has 17 rings (SSSR count). The number of rotatable bonds is 11. The molecule has 0 spiro atoms. The average Bonchev–Trinajstić information content (AvgIpc) is 3.68. The highest BCUT2D eigenvalue weighted by molar-refractivity contribution is 9.10. The Hall–Kier alpha value is -9.06. The summed E-state index contributed by atoms with van der Waals surface area (Å²) in [6, 6.07) is 23.9. The quantitative estimate of drug-likeness (QED) is 0.0617. The number of nitrogens with two attached hydrogens (primary N) is 2. The van der Waals surface area contributed by atoms with E-state index in [9.17, 15) is 14.4 Å². The first-order valence-electron chi connectivity index (χ1n) is 29.4. The molecule has 3 saturated carbocycles. The lowest BCUT2D eigenvalue weighted by Gasteiger charge is -2.32. The van der Waals surface area contributed by atoms with Crippen LogP contribution in [-0.2, 0) is 18.8 Å². The number of thiazole rings is 3. The van der Waals surface area contributed by atoms with Gasteiger partial charge in [0.1, 0.15) is 38.8 Å². The summed E-state index contributed by atoms with van der Waals surface area (Å²) in [5, 5.41) is 20.6. The van der Waals surface area contributed by atoms with Gasteiger partial charge in [0, 0.05) is 75.8 Å². The number of nitrogens with zero attached hydrogens (tertiary/aromatic N) is 13. The number of nitrogen functional groups attached to an aromatic ring is 2. The Labute approximate surface area is 540 Å². The Morgan fingerprint density at radius 2 is 1.03 bits per heavy atom. The Morgan fingerprint density at radius 3 is 1.53 bits per heavy atom. The van der Waals surface area contributed by atoms with Crippen LogP contribution in [-0.4, -0.2) is 112 Å². The van der Waals surface area contributed by atoms with Gasteiger partial charge < -0.3 is 35.2 Å². The van der Waals surface area contributed by atoms with Crippen LogP contribution in [0.3, 0.4) is 0 Å². The minimum absolute atomic E-state index is 0.146. The van der Waals surface area contributed by atoms with Crippen LogP contribution in [0.1, 0.15) is 105 Å². The van der Waals surface area contributed by atoms with Gasteiger partial charge in [0.2, 0.25) is 0 Å². The normalized spacial score (nSPS) is 15.7. The van der Waals surface area contributed by atoms with Crippen molar-refractivity contribution in [3.63, 3.8) is 0 Å².